The van der Waals surface area contributed by atoms with E-state index in [0.29, 0.717) is 0 Å². The van der Waals surface area contributed by atoms with E-state index in [0.717, 1.165) is 6.07 Å². The smallest absolute Gasteiger partial charge is 0.238 e. The van der Waals surface area contributed by atoms with Gasteiger partial charge >= 0.3 is 0 Å². The molecule has 0 spiro atoms. The van der Waals surface area contributed by atoms with Crippen molar-refractivity contribution < 1.29 is 12.8 Å². The Morgan fingerprint density at radius 1 is 1.33 bits per heavy atom. The Hall–Kier alpha value is -1.17. The number of nitrogens with one attached hydrogen (secondary N) is 1. The third-order valence-corrected chi connectivity index (χ3v) is 3.85. The van der Waals surface area contributed by atoms with E-state index < -0.39 is 20.7 Å². The van der Waals surface area contributed by atoms with Gasteiger partial charge in [-0.15, -0.1) is 0 Å². The average Bonchev–Trinajstić information content (AvgIpc) is 2.00. The summed E-state index contributed by atoms with van der Waals surface area (Å²) in [5.74, 6) is -0.728. The highest BCUT2D eigenvalue weighted by molar-refractivity contribution is 7.94. The van der Waals surface area contributed by atoms with E-state index in [2.05, 4.69) is 9.71 Å². The predicted molar refractivity (Wildman–Crippen MR) is 56.5 cm³/mol. The lowest BCUT2D eigenvalue weighted by molar-refractivity contribution is 0.564. The molecule has 1 N–H and O–H groups in total. The van der Waals surface area contributed by atoms with E-state index in [-0.39, 0.29) is 5.82 Å². The lowest BCUT2D eigenvalue weighted by atomic mass is 10.3. The second-order valence-corrected chi connectivity index (χ2v) is 6.50. The molecule has 84 valence electrons. The molecule has 0 unspecified atom stereocenters. The van der Waals surface area contributed by atoms with Crippen LogP contribution in [-0.2, 0) is 10.0 Å². The number of sulfonamides is 1. The van der Waals surface area contributed by atoms with E-state index in [9.17, 15) is 12.8 Å². The standard InChI is InChI=1S/C9H13FN2O2S/c1-9(2,3)15(13,14)12-8-6-4-5-7(10)11-8/h4-6H,1-3H3,(H,11,12). The van der Waals surface area contributed by atoms with Crippen molar-refractivity contribution in [3.8, 4) is 0 Å². The molecule has 0 aliphatic rings. The van der Waals surface area contributed by atoms with Crippen LogP contribution in [0.5, 0.6) is 0 Å². The van der Waals surface area contributed by atoms with E-state index in [4.69, 9.17) is 0 Å². The Balaban J connectivity index is 2.98. The molecule has 0 saturated heterocycles. The lowest BCUT2D eigenvalue weighted by Crippen LogP contribution is -2.34. The van der Waals surface area contributed by atoms with Crippen molar-refractivity contribution in [3.05, 3.63) is 24.1 Å². The highest BCUT2D eigenvalue weighted by atomic mass is 32.2. The van der Waals surface area contributed by atoms with Gasteiger partial charge in [-0.2, -0.15) is 4.39 Å². The SMILES string of the molecule is CC(C)(C)S(=O)(=O)Nc1cccc(F)n1. The molecule has 0 aliphatic carbocycles. The maximum atomic E-state index is 12.7. The molecule has 1 aromatic rings. The highest BCUT2D eigenvalue weighted by Crippen LogP contribution is 2.17. The van der Waals surface area contributed by atoms with Gasteiger partial charge in [0.1, 0.15) is 5.82 Å². The first-order valence-electron chi connectivity index (χ1n) is 4.37. The average molecular weight is 232 g/mol. The summed E-state index contributed by atoms with van der Waals surface area (Å²) >= 11 is 0. The lowest BCUT2D eigenvalue weighted by Gasteiger charge is -2.19. The van der Waals surface area contributed by atoms with Crippen molar-refractivity contribution in [2.24, 2.45) is 0 Å². The van der Waals surface area contributed by atoms with Gasteiger partial charge in [-0.3, -0.25) is 4.72 Å². The molecule has 1 heterocycles. The van der Waals surface area contributed by atoms with Crippen LogP contribution >= 0.6 is 0 Å². The van der Waals surface area contributed by atoms with Crippen molar-refractivity contribution in [3.63, 3.8) is 0 Å². The summed E-state index contributed by atoms with van der Waals surface area (Å²) in [4.78, 5) is 3.41. The van der Waals surface area contributed by atoms with E-state index in [1.54, 1.807) is 20.8 Å². The van der Waals surface area contributed by atoms with Gasteiger partial charge in [0, 0.05) is 0 Å². The summed E-state index contributed by atoms with van der Waals surface area (Å²) < 4.78 is 37.3. The van der Waals surface area contributed by atoms with Crippen LogP contribution in [0.4, 0.5) is 10.2 Å². The molecule has 1 rings (SSSR count). The number of rotatable bonds is 2. The third kappa shape index (κ3) is 2.89. The molecule has 0 amide bonds. The van der Waals surface area contributed by atoms with Crippen molar-refractivity contribution >= 4 is 15.8 Å². The fourth-order valence-electron chi connectivity index (χ4n) is 0.756. The minimum Gasteiger partial charge on any atom is -0.267 e. The molecule has 0 atom stereocenters. The number of hydrogen-bond acceptors (Lipinski definition) is 3. The van der Waals surface area contributed by atoms with Gasteiger partial charge in [-0.05, 0) is 32.9 Å². The maximum Gasteiger partial charge on any atom is 0.238 e. The van der Waals surface area contributed by atoms with Gasteiger partial charge in [0.05, 0.1) is 4.75 Å². The largest absolute Gasteiger partial charge is 0.267 e. The summed E-state index contributed by atoms with van der Waals surface area (Å²) in [6.07, 6.45) is 0. The zero-order valence-electron chi connectivity index (χ0n) is 8.78. The molecule has 1 aromatic heterocycles. The van der Waals surface area contributed by atoms with Gasteiger partial charge in [0.25, 0.3) is 0 Å². The van der Waals surface area contributed by atoms with Crippen LogP contribution in [0.2, 0.25) is 0 Å². The van der Waals surface area contributed by atoms with Gasteiger partial charge < -0.3 is 0 Å². The van der Waals surface area contributed by atoms with Crippen LogP contribution in [0.1, 0.15) is 20.8 Å². The molecule has 6 heteroatoms. The zero-order chi connectivity index (χ0) is 11.7. The molecule has 0 aromatic carbocycles. The first-order chi connectivity index (χ1) is 6.72. The quantitative estimate of drug-likeness (QED) is 0.790. The highest BCUT2D eigenvalue weighted by Gasteiger charge is 2.29. The predicted octanol–water partition coefficient (Wildman–Crippen LogP) is 1.76. The number of hydrogen-bond donors (Lipinski definition) is 1. The molecule has 0 bridgehead atoms. The number of nitrogens with zero attached hydrogens (tertiary/aromatic N) is 1. The van der Waals surface area contributed by atoms with Crippen molar-refractivity contribution in [2.75, 3.05) is 4.72 Å². The van der Waals surface area contributed by atoms with Crippen LogP contribution in [0.25, 0.3) is 0 Å². The van der Waals surface area contributed by atoms with Crippen molar-refractivity contribution in [2.45, 2.75) is 25.5 Å². The summed E-state index contributed by atoms with van der Waals surface area (Å²) in [6.45, 7) is 4.65. The Kier molecular flexibility index (Phi) is 2.99. The fourth-order valence-corrected chi connectivity index (χ4v) is 1.45. The molecular weight excluding hydrogens is 219 g/mol. The molecule has 15 heavy (non-hydrogen) atoms. The zero-order valence-corrected chi connectivity index (χ0v) is 9.60. The summed E-state index contributed by atoms with van der Waals surface area (Å²) in [7, 11) is -3.55. The molecule has 0 fully saturated rings. The van der Waals surface area contributed by atoms with E-state index in [1.807, 2.05) is 0 Å². The normalized spacial score (nSPS) is 12.5. The number of anilines is 1. The van der Waals surface area contributed by atoms with Crippen molar-refractivity contribution in [1.29, 1.82) is 0 Å². The van der Waals surface area contributed by atoms with Crippen LogP contribution in [-0.4, -0.2) is 18.1 Å². The van der Waals surface area contributed by atoms with Crippen molar-refractivity contribution in [1.82, 2.24) is 4.98 Å². The maximum absolute atomic E-state index is 12.7. The van der Waals surface area contributed by atoms with E-state index >= 15 is 0 Å². The molecule has 0 radical (unpaired) electrons. The Labute approximate surface area is 88.6 Å². The van der Waals surface area contributed by atoms with Crippen LogP contribution in [0, 0.1) is 5.95 Å². The number of aromatic nitrogens is 1. The van der Waals surface area contributed by atoms with Crippen LogP contribution < -0.4 is 4.72 Å². The Bertz CT molecular complexity index is 451. The topological polar surface area (TPSA) is 59.1 Å². The second kappa shape index (κ2) is 3.77. The van der Waals surface area contributed by atoms with Crippen LogP contribution in [0.15, 0.2) is 18.2 Å². The Morgan fingerprint density at radius 2 is 1.93 bits per heavy atom. The summed E-state index contributed by atoms with van der Waals surface area (Å²) in [5, 5.41) is 0. The Morgan fingerprint density at radius 3 is 2.40 bits per heavy atom. The molecule has 0 saturated carbocycles. The van der Waals surface area contributed by atoms with E-state index in [1.165, 1.54) is 12.1 Å². The first kappa shape index (κ1) is 11.9. The molecular formula is C9H13FN2O2S. The minimum atomic E-state index is -3.55. The number of pyridine rings is 1. The second-order valence-electron chi connectivity index (χ2n) is 4.06. The first-order valence-corrected chi connectivity index (χ1v) is 5.85. The third-order valence-electron chi connectivity index (χ3n) is 1.76. The van der Waals surface area contributed by atoms with Gasteiger partial charge in [0.15, 0.2) is 0 Å². The number of halogens is 1. The molecule has 0 aliphatic heterocycles. The fraction of sp³-hybridized carbons (Fsp3) is 0.444. The van der Waals surface area contributed by atoms with Gasteiger partial charge in [-0.1, -0.05) is 6.07 Å². The monoisotopic (exact) mass is 232 g/mol. The summed E-state index contributed by atoms with van der Waals surface area (Å²) in [6, 6.07) is 3.93. The van der Waals surface area contributed by atoms with Crippen LogP contribution in [0.3, 0.4) is 0 Å². The minimum absolute atomic E-state index is 0.00933. The molecule has 4 nitrogen and oxygen atoms in total. The van der Waals surface area contributed by atoms with Gasteiger partial charge in [-0.25, -0.2) is 13.4 Å². The van der Waals surface area contributed by atoms with Gasteiger partial charge in [0.2, 0.25) is 16.0 Å². The summed E-state index contributed by atoms with van der Waals surface area (Å²) in [5.41, 5.74) is 0.